The topological polar surface area (TPSA) is 82.6 Å². The molecular weight excluding hydrogens is 449 g/mol. The van der Waals surface area contributed by atoms with Crippen LogP contribution in [0, 0.1) is 17.5 Å². The first kappa shape index (κ1) is 23.9. The molecule has 2 N–H and O–H groups in total. The zero-order valence-corrected chi connectivity index (χ0v) is 18.6. The third kappa shape index (κ3) is 5.14. The summed E-state index contributed by atoms with van der Waals surface area (Å²) in [7, 11) is 0. The zero-order valence-electron chi connectivity index (χ0n) is 18.6. The summed E-state index contributed by atoms with van der Waals surface area (Å²) < 4.78 is 42.7. The molecule has 4 rings (SSSR count). The van der Waals surface area contributed by atoms with Crippen LogP contribution in [0.4, 0.5) is 13.2 Å². The van der Waals surface area contributed by atoms with Gasteiger partial charge in [-0.25, -0.2) is 27.9 Å². The Balaban J connectivity index is 1.53. The van der Waals surface area contributed by atoms with Crippen LogP contribution in [-0.4, -0.2) is 33.0 Å². The van der Waals surface area contributed by atoms with E-state index in [1.54, 1.807) is 18.2 Å². The number of rotatable bonds is 8. The van der Waals surface area contributed by atoms with E-state index in [9.17, 15) is 18.0 Å². The van der Waals surface area contributed by atoms with Crippen LogP contribution in [0.5, 0.6) is 0 Å². The Bertz CT molecular complexity index is 1180. The molecule has 2 heterocycles. The van der Waals surface area contributed by atoms with Crippen molar-refractivity contribution in [1.29, 1.82) is 0 Å². The molecule has 1 atom stereocenters. The van der Waals surface area contributed by atoms with E-state index in [4.69, 9.17) is 15.5 Å². The third-order valence-electron chi connectivity index (χ3n) is 5.66. The fourth-order valence-electron chi connectivity index (χ4n) is 4.01. The van der Waals surface area contributed by atoms with Gasteiger partial charge in [-0.2, -0.15) is 0 Å². The highest BCUT2D eigenvalue weighted by Crippen LogP contribution is 2.27. The van der Waals surface area contributed by atoms with Crippen LogP contribution in [0.3, 0.4) is 0 Å². The highest BCUT2D eigenvalue weighted by Gasteiger charge is 2.27. The number of nitrogens with two attached hydrogens (primary N) is 1. The normalized spacial score (nSPS) is 13.9. The van der Waals surface area contributed by atoms with Gasteiger partial charge >= 0.3 is 0 Å². The average Bonchev–Trinajstić information content (AvgIpc) is 3.11. The SMILES string of the molecule is CCOOCc1ncn2c1CN(C(=O)C[C@H](N)Cc1cc(F)c(F)cc1F)Cc1ccccc1-2. The number of amides is 1. The van der Waals surface area contributed by atoms with Crippen molar-refractivity contribution in [3.05, 3.63) is 82.7 Å². The first-order chi connectivity index (χ1) is 16.4. The molecule has 0 unspecified atom stereocenters. The summed E-state index contributed by atoms with van der Waals surface area (Å²) in [4.78, 5) is 29.4. The van der Waals surface area contributed by atoms with Crippen molar-refractivity contribution in [3.8, 4) is 5.69 Å². The summed E-state index contributed by atoms with van der Waals surface area (Å²) in [5, 5.41) is 0. The van der Waals surface area contributed by atoms with E-state index in [-0.39, 0.29) is 37.5 Å². The number of fused-ring (bicyclic) bond motifs is 3. The number of imidazole rings is 1. The van der Waals surface area contributed by atoms with Gasteiger partial charge in [0.2, 0.25) is 5.91 Å². The van der Waals surface area contributed by atoms with Gasteiger partial charge in [-0.05, 0) is 36.6 Å². The minimum Gasteiger partial charge on any atom is -0.332 e. The second-order valence-electron chi connectivity index (χ2n) is 8.08. The maximum Gasteiger partial charge on any atom is 0.224 e. The van der Waals surface area contributed by atoms with E-state index in [2.05, 4.69) is 4.98 Å². The number of hydrogen-bond acceptors (Lipinski definition) is 5. The lowest BCUT2D eigenvalue weighted by Gasteiger charge is -2.23. The highest BCUT2D eigenvalue weighted by atomic mass is 19.2. The maximum absolute atomic E-state index is 14.0. The fraction of sp³-hybridized carbons (Fsp3) is 0.333. The molecule has 0 spiro atoms. The number of aromatic nitrogens is 2. The Morgan fingerprint density at radius 2 is 1.88 bits per heavy atom. The number of halogens is 3. The Kier molecular flexibility index (Phi) is 7.30. The van der Waals surface area contributed by atoms with Crippen molar-refractivity contribution in [2.45, 2.75) is 45.5 Å². The summed E-state index contributed by atoms with van der Waals surface area (Å²) in [5.41, 5.74) is 9.26. The summed E-state index contributed by atoms with van der Waals surface area (Å²) >= 11 is 0. The number of carbonyl (C=O) groups excluding carboxylic acids is 1. The van der Waals surface area contributed by atoms with Gasteiger partial charge in [-0.1, -0.05) is 18.2 Å². The summed E-state index contributed by atoms with van der Waals surface area (Å²) in [6.07, 6.45) is 1.48. The standard InChI is InChI=1S/C24H25F3N4O3/c1-2-33-34-13-21-23-12-30(11-15-5-3-4-6-22(15)31(23)14-29-21)24(32)9-17(28)7-16-8-19(26)20(27)10-18(16)25/h3-6,8,10,14,17H,2,7,9,11-13,28H2,1H3/t17-/m1/s1. The van der Waals surface area contributed by atoms with Gasteiger partial charge in [0.05, 0.1) is 36.6 Å². The number of nitrogens with zero attached hydrogens (tertiary/aromatic N) is 3. The van der Waals surface area contributed by atoms with Crippen LogP contribution < -0.4 is 5.73 Å². The van der Waals surface area contributed by atoms with Crippen molar-refractivity contribution in [2.24, 2.45) is 5.73 Å². The predicted molar refractivity (Wildman–Crippen MR) is 117 cm³/mol. The lowest BCUT2D eigenvalue weighted by atomic mass is 10.0. The smallest absolute Gasteiger partial charge is 0.224 e. The monoisotopic (exact) mass is 474 g/mol. The molecule has 0 saturated heterocycles. The average molecular weight is 474 g/mol. The van der Waals surface area contributed by atoms with E-state index in [1.165, 1.54) is 0 Å². The van der Waals surface area contributed by atoms with E-state index in [1.807, 2.05) is 28.8 Å². The molecule has 7 nitrogen and oxygen atoms in total. The van der Waals surface area contributed by atoms with Crippen LogP contribution >= 0.6 is 0 Å². The molecule has 1 aliphatic heterocycles. The Morgan fingerprint density at radius 3 is 2.68 bits per heavy atom. The molecule has 0 aliphatic carbocycles. The van der Waals surface area contributed by atoms with Crippen LogP contribution in [-0.2, 0) is 40.7 Å². The molecule has 1 amide bonds. The van der Waals surface area contributed by atoms with Crippen molar-refractivity contribution in [1.82, 2.24) is 14.5 Å². The lowest BCUT2D eigenvalue weighted by Crippen LogP contribution is -2.36. The number of para-hydroxylation sites is 1. The van der Waals surface area contributed by atoms with Gasteiger partial charge < -0.3 is 15.2 Å². The summed E-state index contributed by atoms with van der Waals surface area (Å²) in [5.74, 6) is -3.58. The zero-order chi connectivity index (χ0) is 24.2. The second-order valence-corrected chi connectivity index (χ2v) is 8.08. The molecule has 0 radical (unpaired) electrons. The first-order valence-corrected chi connectivity index (χ1v) is 10.9. The quantitative estimate of drug-likeness (QED) is 0.234. The first-order valence-electron chi connectivity index (χ1n) is 10.9. The highest BCUT2D eigenvalue weighted by molar-refractivity contribution is 5.77. The van der Waals surface area contributed by atoms with Crippen molar-refractivity contribution in [3.63, 3.8) is 0 Å². The molecule has 1 aliphatic rings. The predicted octanol–water partition coefficient (Wildman–Crippen LogP) is 3.56. The molecule has 0 fully saturated rings. The Hall–Kier alpha value is -3.21. The van der Waals surface area contributed by atoms with Crippen molar-refractivity contribution < 1.29 is 27.7 Å². The third-order valence-corrected chi connectivity index (χ3v) is 5.66. The van der Waals surface area contributed by atoms with Gasteiger partial charge in [0, 0.05) is 25.1 Å². The number of benzene rings is 2. The number of hydrogen-bond donors (Lipinski definition) is 1. The van der Waals surface area contributed by atoms with E-state index in [0.29, 0.717) is 24.9 Å². The van der Waals surface area contributed by atoms with E-state index in [0.717, 1.165) is 23.0 Å². The summed E-state index contributed by atoms with van der Waals surface area (Å²) in [6.45, 7) is 2.91. The van der Waals surface area contributed by atoms with Gasteiger partial charge in [-0.3, -0.25) is 4.79 Å². The van der Waals surface area contributed by atoms with Crippen molar-refractivity contribution >= 4 is 5.91 Å². The van der Waals surface area contributed by atoms with Crippen LogP contribution in [0.15, 0.2) is 42.7 Å². The fourth-order valence-corrected chi connectivity index (χ4v) is 4.01. The molecule has 0 saturated carbocycles. The lowest BCUT2D eigenvalue weighted by molar-refractivity contribution is -0.301. The molecule has 2 aromatic carbocycles. The number of carbonyl (C=O) groups is 1. The van der Waals surface area contributed by atoms with Crippen LogP contribution in [0.25, 0.3) is 5.69 Å². The molecular formula is C24H25F3N4O3. The Labute approximate surface area is 194 Å². The van der Waals surface area contributed by atoms with E-state index >= 15 is 0 Å². The van der Waals surface area contributed by atoms with Gasteiger partial charge in [-0.15, -0.1) is 0 Å². The molecule has 10 heteroatoms. The Morgan fingerprint density at radius 1 is 1.12 bits per heavy atom. The molecule has 180 valence electrons. The van der Waals surface area contributed by atoms with E-state index < -0.39 is 23.5 Å². The van der Waals surface area contributed by atoms with Gasteiger partial charge in [0.15, 0.2) is 11.6 Å². The molecule has 34 heavy (non-hydrogen) atoms. The van der Waals surface area contributed by atoms with Crippen molar-refractivity contribution in [2.75, 3.05) is 6.61 Å². The molecule has 1 aromatic heterocycles. The van der Waals surface area contributed by atoms with Crippen LogP contribution in [0.1, 0.15) is 35.9 Å². The van der Waals surface area contributed by atoms with Gasteiger partial charge in [0.1, 0.15) is 12.4 Å². The second kappa shape index (κ2) is 10.4. The minimum absolute atomic E-state index is 0.0751. The molecule has 0 bridgehead atoms. The minimum atomic E-state index is -1.27. The summed E-state index contributed by atoms with van der Waals surface area (Å²) in [6, 6.07) is 8.15. The molecule has 3 aromatic rings. The largest absolute Gasteiger partial charge is 0.332 e. The van der Waals surface area contributed by atoms with Gasteiger partial charge in [0.25, 0.3) is 0 Å². The maximum atomic E-state index is 14.0. The van der Waals surface area contributed by atoms with Crippen LogP contribution in [0.2, 0.25) is 0 Å².